The molecule has 0 radical (unpaired) electrons. The minimum Gasteiger partial charge on any atom is -0.392 e. The molecule has 0 bridgehead atoms. The van der Waals surface area contributed by atoms with Crippen LogP contribution < -0.4 is 0 Å². The highest BCUT2D eigenvalue weighted by Gasteiger charge is 2.15. The molecule has 16 heavy (non-hydrogen) atoms. The van der Waals surface area contributed by atoms with Crippen molar-refractivity contribution < 1.29 is 5.11 Å². The quantitative estimate of drug-likeness (QED) is 0.902. The van der Waals surface area contributed by atoms with Crippen LogP contribution in [0.3, 0.4) is 0 Å². The maximum absolute atomic E-state index is 9.30. The molecule has 0 spiro atoms. The van der Waals surface area contributed by atoms with E-state index in [4.69, 9.17) is 0 Å². The molecule has 2 aromatic heterocycles. The molecule has 0 aliphatic heterocycles. The maximum atomic E-state index is 9.30. The molecule has 0 unspecified atom stereocenters. The molecule has 0 amide bonds. The third-order valence-electron chi connectivity index (χ3n) is 2.14. The molecular weight excluding hydrogens is 244 g/mol. The molecular formula is C9H12N4OS2. The number of hydrogen-bond donors (Lipinski definition) is 1. The SMILES string of the molecule is Cc1nsc(Sc2c(CO)c(C)nn2C)n1. The van der Waals surface area contributed by atoms with Gasteiger partial charge in [-0.3, -0.25) is 4.68 Å². The monoisotopic (exact) mass is 256 g/mol. The summed E-state index contributed by atoms with van der Waals surface area (Å²) < 4.78 is 6.76. The van der Waals surface area contributed by atoms with Crippen molar-refractivity contribution in [3.63, 3.8) is 0 Å². The van der Waals surface area contributed by atoms with Crippen LogP contribution in [-0.2, 0) is 13.7 Å². The summed E-state index contributed by atoms with van der Waals surface area (Å²) in [7, 11) is 1.86. The highest BCUT2D eigenvalue weighted by atomic mass is 32.2. The van der Waals surface area contributed by atoms with Crippen LogP contribution >= 0.6 is 23.3 Å². The van der Waals surface area contributed by atoms with Gasteiger partial charge < -0.3 is 5.11 Å². The molecule has 0 aliphatic carbocycles. The van der Waals surface area contributed by atoms with Crippen molar-refractivity contribution >= 4 is 23.3 Å². The maximum Gasteiger partial charge on any atom is 0.176 e. The Balaban J connectivity index is 2.33. The smallest absolute Gasteiger partial charge is 0.176 e. The molecule has 2 aromatic rings. The largest absolute Gasteiger partial charge is 0.392 e. The molecule has 0 aromatic carbocycles. The molecule has 5 nitrogen and oxygen atoms in total. The Bertz CT molecular complexity index is 506. The minimum atomic E-state index is -0.000206. The van der Waals surface area contributed by atoms with Gasteiger partial charge in [-0.15, -0.1) is 0 Å². The average molecular weight is 256 g/mol. The van der Waals surface area contributed by atoms with Gasteiger partial charge in [0.15, 0.2) is 4.34 Å². The lowest BCUT2D eigenvalue weighted by Crippen LogP contribution is -1.93. The predicted octanol–water partition coefficient (Wildman–Crippen LogP) is 1.53. The second-order valence-electron chi connectivity index (χ2n) is 3.36. The van der Waals surface area contributed by atoms with Gasteiger partial charge in [-0.25, -0.2) is 4.98 Å². The highest BCUT2D eigenvalue weighted by Crippen LogP contribution is 2.32. The van der Waals surface area contributed by atoms with E-state index in [1.807, 2.05) is 20.9 Å². The fraction of sp³-hybridized carbons (Fsp3) is 0.444. The fourth-order valence-corrected chi connectivity index (χ4v) is 3.17. The Labute approximate surface area is 102 Å². The summed E-state index contributed by atoms with van der Waals surface area (Å²) in [5.74, 6) is 0.775. The molecule has 0 atom stereocenters. The predicted molar refractivity (Wildman–Crippen MR) is 62.6 cm³/mol. The van der Waals surface area contributed by atoms with E-state index in [2.05, 4.69) is 14.5 Å². The lowest BCUT2D eigenvalue weighted by molar-refractivity contribution is 0.277. The van der Waals surface area contributed by atoms with E-state index in [1.165, 1.54) is 23.3 Å². The second kappa shape index (κ2) is 4.52. The summed E-state index contributed by atoms with van der Waals surface area (Å²) >= 11 is 2.85. The van der Waals surface area contributed by atoms with Gasteiger partial charge in [-0.05, 0) is 37.1 Å². The van der Waals surface area contributed by atoms with E-state index in [9.17, 15) is 5.11 Å². The topological polar surface area (TPSA) is 63.8 Å². The van der Waals surface area contributed by atoms with Crippen LogP contribution in [0.25, 0.3) is 0 Å². The van der Waals surface area contributed by atoms with Gasteiger partial charge in [0.2, 0.25) is 0 Å². The molecule has 0 fully saturated rings. The number of nitrogens with zero attached hydrogens (tertiary/aromatic N) is 4. The lowest BCUT2D eigenvalue weighted by atomic mass is 10.3. The van der Waals surface area contributed by atoms with E-state index >= 15 is 0 Å². The number of aliphatic hydroxyl groups excluding tert-OH is 1. The molecule has 2 heterocycles. The van der Waals surface area contributed by atoms with Crippen LogP contribution in [0.2, 0.25) is 0 Å². The molecule has 0 aliphatic rings. The number of aryl methyl sites for hydroxylation is 3. The van der Waals surface area contributed by atoms with Gasteiger partial charge in [0.1, 0.15) is 10.9 Å². The summed E-state index contributed by atoms with van der Waals surface area (Å²) in [5, 5.41) is 14.5. The summed E-state index contributed by atoms with van der Waals surface area (Å²) in [5.41, 5.74) is 1.72. The molecule has 1 N–H and O–H groups in total. The van der Waals surface area contributed by atoms with Crippen LogP contribution in [0.5, 0.6) is 0 Å². The van der Waals surface area contributed by atoms with Crippen LogP contribution in [0.1, 0.15) is 17.1 Å². The van der Waals surface area contributed by atoms with Crippen LogP contribution in [0, 0.1) is 13.8 Å². The van der Waals surface area contributed by atoms with Crippen molar-refractivity contribution in [2.45, 2.75) is 29.8 Å². The molecule has 86 valence electrons. The Hall–Kier alpha value is -0.920. The van der Waals surface area contributed by atoms with Gasteiger partial charge in [0.05, 0.1) is 12.3 Å². The van der Waals surface area contributed by atoms with E-state index < -0.39 is 0 Å². The van der Waals surface area contributed by atoms with Crippen molar-refractivity contribution in [3.05, 3.63) is 17.1 Å². The van der Waals surface area contributed by atoms with Gasteiger partial charge >= 0.3 is 0 Å². The first-order valence-electron chi connectivity index (χ1n) is 4.73. The third kappa shape index (κ3) is 2.11. The van der Waals surface area contributed by atoms with Crippen LogP contribution in [-0.4, -0.2) is 24.2 Å². The standard InChI is InChI=1S/C9H12N4OS2/c1-5-7(4-14)8(13(3)11-5)15-9-10-6(2)12-16-9/h14H,4H2,1-3H3. The Kier molecular flexibility index (Phi) is 3.27. The number of aromatic nitrogens is 4. The first kappa shape index (κ1) is 11.6. The van der Waals surface area contributed by atoms with Crippen LogP contribution in [0.4, 0.5) is 0 Å². The van der Waals surface area contributed by atoms with Gasteiger partial charge in [-0.1, -0.05) is 0 Å². The van der Waals surface area contributed by atoms with E-state index in [1.54, 1.807) is 4.68 Å². The minimum absolute atomic E-state index is 0.000206. The van der Waals surface area contributed by atoms with E-state index in [0.29, 0.717) is 0 Å². The van der Waals surface area contributed by atoms with Crippen molar-refractivity contribution in [2.75, 3.05) is 0 Å². The second-order valence-corrected chi connectivity index (χ2v) is 5.35. The zero-order valence-corrected chi connectivity index (χ0v) is 10.9. The van der Waals surface area contributed by atoms with Crippen LogP contribution in [0.15, 0.2) is 9.37 Å². The van der Waals surface area contributed by atoms with Crippen molar-refractivity contribution in [1.82, 2.24) is 19.1 Å². The van der Waals surface area contributed by atoms with Gasteiger partial charge in [-0.2, -0.15) is 9.47 Å². The highest BCUT2D eigenvalue weighted by molar-refractivity contribution is 8.00. The zero-order chi connectivity index (χ0) is 11.7. The van der Waals surface area contributed by atoms with Gasteiger partial charge in [0, 0.05) is 12.6 Å². The number of rotatable bonds is 3. The number of hydrogen-bond acceptors (Lipinski definition) is 6. The molecule has 0 saturated heterocycles. The molecule has 7 heteroatoms. The number of aliphatic hydroxyl groups is 1. The molecule has 0 saturated carbocycles. The summed E-state index contributed by atoms with van der Waals surface area (Å²) in [6, 6.07) is 0. The Morgan fingerprint density at radius 2 is 2.19 bits per heavy atom. The molecule has 2 rings (SSSR count). The lowest BCUT2D eigenvalue weighted by Gasteiger charge is -2.00. The van der Waals surface area contributed by atoms with Gasteiger partial charge in [0.25, 0.3) is 0 Å². The van der Waals surface area contributed by atoms with Crippen molar-refractivity contribution in [3.8, 4) is 0 Å². The first-order chi connectivity index (χ1) is 7.61. The van der Waals surface area contributed by atoms with E-state index in [-0.39, 0.29) is 6.61 Å². The summed E-state index contributed by atoms with van der Waals surface area (Å²) in [6.45, 7) is 3.75. The van der Waals surface area contributed by atoms with Crippen molar-refractivity contribution in [1.29, 1.82) is 0 Å². The fourth-order valence-electron chi connectivity index (χ4n) is 1.39. The first-order valence-corrected chi connectivity index (χ1v) is 6.32. The normalized spacial score (nSPS) is 11.0. The van der Waals surface area contributed by atoms with Crippen molar-refractivity contribution in [2.24, 2.45) is 7.05 Å². The third-order valence-corrected chi connectivity index (χ3v) is 4.19. The Morgan fingerprint density at radius 1 is 1.44 bits per heavy atom. The zero-order valence-electron chi connectivity index (χ0n) is 9.26. The average Bonchev–Trinajstić information content (AvgIpc) is 2.73. The summed E-state index contributed by atoms with van der Waals surface area (Å²) in [4.78, 5) is 4.28. The van der Waals surface area contributed by atoms with E-state index in [0.717, 1.165) is 26.4 Å². The Morgan fingerprint density at radius 3 is 2.75 bits per heavy atom. The summed E-state index contributed by atoms with van der Waals surface area (Å²) in [6.07, 6.45) is 0.